The van der Waals surface area contributed by atoms with E-state index in [4.69, 9.17) is 9.97 Å². The molecule has 0 saturated heterocycles. The van der Waals surface area contributed by atoms with Crippen molar-refractivity contribution in [3.8, 4) is 22.0 Å². The van der Waals surface area contributed by atoms with E-state index in [1.807, 2.05) is 30.5 Å². The summed E-state index contributed by atoms with van der Waals surface area (Å²) in [5, 5.41) is 10.7. The van der Waals surface area contributed by atoms with Crippen LogP contribution in [0.5, 0.6) is 0 Å². The third kappa shape index (κ3) is 5.15. The number of hydrogen-bond donors (Lipinski definition) is 3. The van der Waals surface area contributed by atoms with Gasteiger partial charge in [0.25, 0.3) is 0 Å². The summed E-state index contributed by atoms with van der Waals surface area (Å²) in [6, 6.07) is 7.11. The molecule has 0 amide bonds. The van der Waals surface area contributed by atoms with Crippen LogP contribution in [0.25, 0.3) is 49.6 Å². The lowest BCUT2D eigenvalue weighted by molar-refractivity contribution is 0.403. The SMILES string of the molecule is C=C(CC(C)(C)C)NC1=CC(c2ccc3[nH]nc(-c4nc5c(-c6ccc(F)s6)cncc5[nH]4)c3n2)=CCN=C1. The highest BCUT2D eigenvalue weighted by molar-refractivity contribution is 7.14. The second kappa shape index (κ2) is 9.70. The van der Waals surface area contributed by atoms with Gasteiger partial charge in [0.05, 0.1) is 35.2 Å². The van der Waals surface area contributed by atoms with Gasteiger partial charge in [0.1, 0.15) is 11.0 Å². The fourth-order valence-electron chi connectivity index (χ4n) is 4.61. The summed E-state index contributed by atoms with van der Waals surface area (Å²) < 4.78 is 13.7. The van der Waals surface area contributed by atoms with Crippen LogP contribution in [0.4, 0.5) is 4.39 Å². The largest absolute Gasteiger partial charge is 0.358 e. The second-order valence-electron chi connectivity index (χ2n) is 10.7. The van der Waals surface area contributed by atoms with E-state index >= 15 is 0 Å². The molecule has 1 aliphatic rings. The van der Waals surface area contributed by atoms with E-state index in [0.717, 1.165) is 61.9 Å². The Labute approximate surface area is 228 Å². The molecule has 8 nitrogen and oxygen atoms in total. The zero-order chi connectivity index (χ0) is 27.1. The molecule has 0 aromatic carbocycles. The maximum Gasteiger partial charge on any atom is 0.176 e. The van der Waals surface area contributed by atoms with Crippen LogP contribution in [0.1, 0.15) is 32.9 Å². The Morgan fingerprint density at radius 3 is 2.77 bits per heavy atom. The van der Waals surface area contributed by atoms with Gasteiger partial charge in [-0.15, -0.1) is 11.3 Å². The van der Waals surface area contributed by atoms with Crippen LogP contribution < -0.4 is 5.32 Å². The molecule has 5 aromatic heterocycles. The van der Waals surface area contributed by atoms with Gasteiger partial charge in [-0.2, -0.15) is 9.49 Å². The fourth-order valence-corrected chi connectivity index (χ4v) is 5.35. The van der Waals surface area contributed by atoms with Crippen LogP contribution in [-0.4, -0.2) is 42.9 Å². The summed E-state index contributed by atoms with van der Waals surface area (Å²) in [5.41, 5.74) is 7.95. The van der Waals surface area contributed by atoms with Gasteiger partial charge in [-0.05, 0) is 42.2 Å². The zero-order valence-electron chi connectivity index (χ0n) is 21.8. The molecule has 5 aromatic rings. The first-order chi connectivity index (χ1) is 18.7. The van der Waals surface area contributed by atoms with E-state index in [-0.39, 0.29) is 10.5 Å². The minimum absolute atomic E-state index is 0.128. The summed E-state index contributed by atoms with van der Waals surface area (Å²) >= 11 is 1.06. The highest BCUT2D eigenvalue weighted by Gasteiger charge is 2.18. The molecule has 0 radical (unpaired) electrons. The third-order valence-corrected chi connectivity index (χ3v) is 7.09. The Hall–Kier alpha value is -4.44. The molecule has 0 unspecified atom stereocenters. The highest BCUT2D eigenvalue weighted by atomic mass is 32.1. The highest BCUT2D eigenvalue weighted by Crippen LogP contribution is 2.34. The van der Waals surface area contributed by atoms with Crippen molar-refractivity contribution in [2.45, 2.75) is 27.2 Å². The smallest absolute Gasteiger partial charge is 0.176 e. The van der Waals surface area contributed by atoms with Crippen LogP contribution in [0, 0.1) is 10.5 Å². The molecule has 3 N–H and O–H groups in total. The molecule has 0 spiro atoms. The molecule has 0 fully saturated rings. The molecule has 0 aliphatic carbocycles. The standard InChI is InChI=1S/C29H27FN8S/c1-16(12-29(2,3)4)33-18-11-17(9-10-31-13-18)20-5-6-21-26(34-20)27(38-37-21)28-35-22-15-32-14-19(25(22)36-28)23-7-8-24(30)39-23/h5-9,11,13-15,33H,1,10,12H2,2-4H3,(H,35,36)(H,37,38). The quantitative estimate of drug-likeness (QED) is 0.224. The molecule has 10 heteroatoms. The molecular formula is C29H27FN8S. The molecule has 39 heavy (non-hydrogen) atoms. The number of aromatic nitrogens is 6. The van der Waals surface area contributed by atoms with Crippen molar-refractivity contribution in [3.63, 3.8) is 0 Å². The Morgan fingerprint density at radius 1 is 1.10 bits per heavy atom. The predicted octanol–water partition coefficient (Wildman–Crippen LogP) is 6.66. The molecule has 0 saturated carbocycles. The number of hydrogen-bond acceptors (Lipinski definition) is 7. The minimum atomic E-state index is -0.253. The Kier molecular flexibility index (Phi) is 6.19. The van der Waals surface area contributed by atoms with Crippen molar-refractivity contribution in [1.82, 2.24) is 35.5 Å². The number of pyridine rings is 2. The van der Waals surface area contributed by atoms with Gasteiger partial charge in [-0.25, -0.2) is 9.97 Å². The number of aromatic amines is 2. The van der Waals surface area contributed by atoms with Crippen LogP contribution >= 0.6 is 11.3 Å². The predicted molar refractivity (Wildman–Crippen MR) is 156 cm³/mol. The molecule has 0 atom stereocenters. The van der Waals surface area contributed by atoms with Crippen LogP contribution in [-0.2, 0) is 0 Å². The summed E-state index contributed by atoms with van der Waals surface area (Å²) in [6.07, 6.45) is 10.2. The lowest BCUT2D eigenvalue weighted by atomic mass is 9.91. The van der Waals surface area contributed by atoms with E-state index in [1.165, 1.54) is 6.07 Å². The van der Waals surface area contributed by atoms with Crippen molar-refractivity contribution in [2.24, 2.45) is 10.4 Å². The molecule has 0 bridgehead atoms. The number of fused-ring (bicyclic) bond motifs is 2. The summed E-state index contributed by atoms with van der Waals surface area (Å²) in [4.78, 5) is 22.7. The van der Waals surface area contributed by atoms with E-state index < -0.39 is 0 Å². The number of rotatable bonds is 6. The van der Waals surface area contributed by atoms with Gasteiger partial charge in [0.2, 0.25) is 0 Å². The van der Waals surface area contributed by atoms with Gasteiger partial charge in [-0.3, -0.25) is 15.1 Å². The first kappa shape index (κ1) is 24.9. The van der Waals surface area contributed by atoms with Gasteiger partial charge in [0, 0.05) is 34.1 Å². The van der Waals surface area contributed by atoms with Crippen molar-refractivity contribution in [1.29, 1.82) is 0 Å². The van der Waals surface area contributed by atoms with Gasteiger partial charge >= 0.3 is 0 Å². The van der Waals surface area contributed by atoms with Crippen molar-refractivity contribution in [3.05, 3.63) is 77.6 Å². The molecule has 6 rings (SSSR count). The number of H-pyrrole nitrogens is 2. The van der Waals surface area contributed by atoms with Gasteiger partial charge in [0.15, 0.2) is 16.6 Å². The number of nitrogens with zero attached hydrogens (tertiary/aromatic N) is 5. The van der Waals surface area contributed by atoms with Gasteiger partial charge in [-0.1, -0.05) is 33.4 Å². The first-order valence-corrected chi connectivity index (χ1v) is 13.4. The first-order valence-electron chi connectivity index (χ1n) is 12.6. The fraction of sp³-hybridized carbons (Fsp3) is 0.207. The zero-order valence-corrected chi connectivity index (χ0v) is 22.7. The maximum atomic E-state index is 13.7. The van der Waals surface area contributed by atoms with Crippen molar-refractivity contribution >= 4 is 45.2 Å². The summed E-state index contributed by atoms with van der Waals surface area (Å²) in [6.45, 7) is 11.3. The van der Waals surface area contributed by atoms with Crippen molar-refractivity contribution in [2.75, 3.05) is 6.54 Å². The number of allylic oxidation sites excluding steroid dienone is 4. The van der Waals surface area contributed by atoms with E-state index in [9.17, 15) is 4.39 Å². The van der Waals surface area contributed by atoms with E-state index in [2.05, 4.69) is 57.8 Å². The molecule has 196 valence electrons. The average molecular weight is 539 g/mol. The number of aliphatic imine (C=N–C) groups is 1. The molecule has 1 aliphatic heterocycles. The lowest BCUT2D eigenvalue weighted by Crippen LogP contribution is -2.18. The number of nitrogens with one attached hydrogen (secondary N) is 3. The Bertz CT molecular complexity index is 1810. The summed E-state index contributed by atoms with van der Waals surface area (Å²) in [5.74, 6) is 0.557. The molecule has 6 heterocycles. The Morgan fingerprint density at radius 2 is 1.97 bits per heavy atom. The topological polar surface area (TPSA) is 108 Å². The number of thiophene rings is 1. The van der Waals surface area contributed by atoms with Crippen LogP contribution in [0.15, 0.2) is 71.8 Å². The monoisotopic (exact) mass is 538 g/mol. The van der Waals surface area contributed by atoms with Crippen LogP contribution in [0.3, 0.4) is 0 Å². The normalized spacial score (nSPS) is 13.9. The maximum absolute atomic E-state index is 13.7. The van der Waals surface area contributed by atoms with E-state index in [0.29, 0.717) is 29.1 Å². The number of halogens is 1. The van der Waals surface area contributed by atoms with Gasteiger partial charge < -0.3 is 10.3 Å². The van der Waals surface area contributed by atoms with Crippen molar-refractivity contribution < 1.29 is 4.39 Å². The number of imidazole rings is 1. The third-order valence-electron chi connectivity index (χ3n) is 6.18. The van der Waals surface area contributed by atoms with Crippen LogP contribution in [0.2, 0.25) is 0 Å². The molecular weight excluding hydrogens is 511 g/mol. The second-order valence-corrected chi connectivity index (χ2v) is 11.7. The average Bonchev–Trinajstić information content (AvgIpc) is 3.57. The van der Waals surface area contributed by atoms with E-state index in [1.54, 1.807) is 18.5 Å². The summed E-state index contributed by atoms with van der Waals surface area (Å²) in [7, 11) is 0. The minimum Gasteiger partial charge on any atom is -0.358 e. The Balaban J connectivity index is 1.36. The lowest BCUT2D eigenvalue weighted by Gasteiger charge is -2.21.